The molecule has 3 heterocycles. The molecule has 0 aromatic carbocycles. The lowest BCUT2D eigenvalue weighted by atomic mass is 10.3. The van der Waals surface area contributed by atoms with Crippen LogP contribution in [0.4, 0.5) is 5.82 Å². The summed E-state index contributed by atoms with van der Waals surface area (Å²) < 4.78 is 22.7. The summed E-state index contributed by atoms with van der Waals surface area (Å²) in [6, 6.07) is 1.61. The van der Waals surface area contributed by atoms with Gasteiger partial charge in [-0.3, -0.25) is 0 Å². The average molecular weight is 302 g/mol. The number of fused-ring (bicyclic) bond motifs is 1. The fraction of sp³-hybridized carbons (Fsp3) is 0.200. The van der Waals surface area contributed by atoms with E-state index in [9.17, 15) is 8.42 Å². The predicted molar refractivity (Wildman–Crippen MR) is 72.8 cm³/mol. The van der Waals surface area contributed by atoms with E-state index in [4.69, 9.17) is 11.6 Å². The van der Waals surface area contributed by atoms with E-state index in [2.05, 4.69) is 15.3 Å². The molecule has 1 atom stereocenters. The molecule has 5 nitrogen and oxygen atoms in total. The summed E-state index contributed by atoms with van der Waals surface area (Å²) in [6.07, 6.45) is 1.61. The smallest absolute Gasteiger partial charge is 0.225 e. The van der Waals surface area contributed by atoms with Crippen molar-refractivity contribution in [1.82, 2.24) is 9.97 Å². The van der Waals surface area contributed by atoms with Crippen LogP contribution in [0.25, 0.3) is 10.2 Å². The van der Waals surface area contributed by atoms with Gasteiger partial charge >= 0.3 is 0 Å². The normalized spacial score (nSPS) is 21.5. The van der Waals surface area contributed by atoms with E-state index < -0.39 is 9.84 Å². The highest BCUT2D eigenvalue weighted by Gasteiger charge is 2.22. The summed E-state index contributed by atoms with van der Waals surface area (Å²) in [7, 11) is -3.08. The molecule has 1 unspecified atom stereocenters. The van der Waals surface area contributed by atoms with Crippen LogP contribution in [0.15, 0.2) is 22.9 Å². The predicted octanol–water partition coefficient (Wildman–Crippen LogP) is 2.07. The van der Waals surface area contributed by atoms with Crippen LogP contribution in [0.5, 0.6) is 0 Å². The molecule has 3 rings (SSSR count). The van der Waals surface area contributed by atoms with Gasteiger partial charge in [0, 0.05) is 5.41 Å². The highest BCUT2D eigenvalue weighted by Crippen LogP contribution is 2.27. The Labute approximate surface area is 112 Å². The first-order chi connectivity index (χ1) is 8.53. The lowest BCUT2D eigenvalue weighted by molar-refractivity contribution is 0.605. The largest absolute Gasteiger partial charge is 0.362 e. The summed E-state index contributed by atoms with van der Waals surface area (Å²) in [6.45, 7) is 0. The molecular weight excluding hydrogens is 294 g/mol. The first-order valence-electron chi connectivity index (χ1n) is 5.12. The Balaban J connectivity index is 1.96. The van der Waals surface area contributed by atoms with Crippen LogP contribution in [0.2, 0.25) is 5.28 Å². The summed E-state index contributed by atoms with van der Waals surface area (Å²) >= 11 is 7.29. The number of hydrogen-bond acceptors (Lipinski definition) is 6. The number of nitrogens with one attached hydrogen (secondary N) is 1. The third-order valence-electron chi connectivity index (χ3n) is 2.55. The van der Waals surface area contributed by atoms with Crippen molar-refractivity contribution in [3.05, 3.63) is 28.2 Å². The molecular formula is C10H8ClN3O2S2. The second kappa shape index (κ2) is 4.18. The van der Waals surface area contributed by atoms with Gasteiger partial charge in [0.15, 0.2) is 9.84 Å². The van der Waals surface area contributed by atoms with Crippen LogP contribution in [0, 0.1) is 0 Å². The SMILES string of the molecule is O=S1(=O)C=CC(Nc2nc(Cl)nc3sccc23)C1. The first kappa shape index (κ1) is 11.9. The van der Waals surface area contributed by atoms with Gasteiger partial charge in [-0.15, -0.1) is 11.3 Å². The fourth-order valence-electron chi connectivity index (χ4n) is 1.78. The summed E-state index contributed by atoms with van der Waals surface area (Å²) in [5.74, 6) is 0.610. The number of aromatic nitrogens is 2. The molecule has 0 saturated carbocycles. The van der Waals surface area contributed by atoms with Gasteiger partial charge in [-0.1, -0.05) is 0 Å². The molecule has 94 valence electrons. The van der Waals surface area contributed by atoms with Crippen molar-refractivity contribution in [1.29, 1.82) is 0 Å². The third-order valence-corrected chi connectivity index (χ3v) is 4.92. The zero-order valence-corrected chi connectivity index (χ0v) is 11.4. The van der Waals surface area contributed by atoms with Crippen molar-refractivity contribution < 1.29 is 8.42 Å². The van der Waals surface area contributed by atoms with Crippen LogP contribution in [-0.2, 0) is 9.84 Å². The van der Waals surface area contributed by atoms with Crippen molar-refractivity contribution in [2.45, 2.75) is 6.04 Å². The minimum absolute atomic E-state index is 0.0419. The van der Waals surface area contributed by atoms with E-state index in [0.29, 0.717) is 5.82 Å². The maximum Gasteiger partial charge on any atom is 0.225 e. The molecule has 0 aliphatic carbocycles. The zero-order valence-electron chi connectivity index (χ0n) is 9.00. The molecule has 8 heteroatoms. The average Bonchev–Trinajstić information content (AvgIpc) is 2.84. The number of halogens is 1. The minimum atomic E-state index is -3.08. The van der Waals surface area contributed by atoms with Crippen LogP contribution in [0.3, 0.4) is 0 Å². The van der Waals surface area contributed by atoms with Gasteiger partial charge < -0.3 is 5.32 Å². The summed E-state index contributed by atoms with van der Waals surface area (Å²) in [5, 5.41) is 7.18. The van der Waals surface area contributed by atoms with Gasteiger partial charge in [0.25, 0.3) is 0 Å². The molecule has 1 aliphatic rings. The second-order valence-electron chi connectivity index (χ2n) is 3.89. The van der Waals surface area contributed by atoms with E-state index in [0.717, 1.165) is 10.2 Å². The number of anilines is 1. The van der Waals surface area contributed by atoms with Gasteiger partial charge in [0.1, 0.15) is 10.6 Å². The van der Waals surface area contributed by atoms with E-state index in [1.807, 2.05) is 11.4 Å². The molecule has 1 N–H and O–H groups in total. The number of rotatable bonds is 2. The molecule has 0 fully saturated rings. The van der Waals surface area contributed by atoms with Crippen molar-refractivity contribution in [2.24, 2.45) is 0 Å². The van der Waals surface area contributed by atoms with E-state index in [1.165, 1.54) is 16.7 Å². The van der Waals surface area contributed by atoms with E-state index in [-0.39, 0.29) is 17.1 Å². The van der Waals surface area contributed by atoms with Crippen LogP contribution in [-0.4, -0.2) is 30.2 Å². The fourth-order valence-corrected chi connectivity index (χ4v) is 4.00. The molecule has 2 aromatic rings. The molecule has 0 bridgehead atoms. The lowest BCUT2D eigenvalue weighted by Gasteiger charge is -2.11. The second-order valence-corrected chi connectivity index (χ2v) is 7.05. The summed E-state index contributed by atoms with van der Waals surface area (Å²) in [4.78, 5) is 8.98. The number of thiophene rings is 1. The molecule has 0 saturated heterocycles. The Hall–Kier alpha value is -1.18. The zero-order chi connectivity index (χ0) is 12.8. The van der Waals surface area contributed by atoms with Crippen LogP contribution >= 0.6 is 22.9 Å². The Morgan fingerprint density at radius 3 is 3.00 bits per heavy atom. The van der Waals surface area contributed by atoms with Crippen molar-refractivity contribution in [2.75, 3.05) is 11.1 Å². The van der Waals surface area contributed by atoms with Crippen LogP contribution < -0.4 is 5.32 Å². The Morgan fingerprint density at radius 2 is 2.28 bits per heavy atom. The monoisotopic (exact) mass is 301 g/mol. The third kappa shape index (κ3) is 2.21. The number of nitrogens with zero attached hydrogens (tertiary/aromatic N) is 2. The Bertz CT molecular complexity index is 739. The molecule has 0 spiro atoms. The summed E-state index contributed by atoms with van der Waals surface area (Å²) in [5.41, 5.74) is 0. The van der Waals surface area contributed by atoms with Crippen molar-refractivity contribution in [3.8, 4) is 0 Å². The van der Waals surface area contributed by atoms with Crippen LogP contribution in [0.1, 0.15) is 0 Å². The van der Waals surface area contributed by atoms with Gasteiger partial charge in [-0.25, -0.2) is 18.4 Å². The van der Waals surface area contributed by atoms with Crippen molar-refractivity contribution >= 4 is 48.8 Å². The number of sulfone groups is 1. The van der Waals surface area contributed by atoms with E-state index in [1.54, 1.807) is 6.08 Å². The maximum atomic E-state index is 11.3. The van der Waals surface area contributed by atoms with Gasteiger partial charge in [-0.05, 0) is 29.1 Å². The molecule has 1 aliphatic heterocycles. The molecule has 0 radical (unpaired) electrons. The molecule has 18 heavy (non-hydrogen) atoms. The topological polar surface area (TPSA) is 72.0 Å². The molecule has 2 aromatic heterocycles. The first-order valence-corrected chi connectivity index (χ1v) is 8.09. The van der Waals surface area contributed by atoms with Gasteiger partial charge in [-0.2, -0.15) is 0 Å². The Kier molecular flexibility index (Phi) is 2.76. The lowest BCUT2D eigenvalue weighted by Crippen LogP contribution is -2.21. The maximum absolute atomic E-state index is 11.3. The highest BCUT2D eigenvalue weighted by molar-refractivity contribution is 7.94. The standard InChI is InChI=1S/C10H8ClN3O2S2/c11-10-13-8(7-1-3-17-9(7)14-10)12-6-2-4-18(15,16)5-6/h1-4,6H,5H2,(H,12,13,14). The van der Waals surface area contributed by atoms with E-state index >= 15 is 0 Å². The molecule has 0 amide bonds. The van der Waals surface area contributed by atoms with Gasteiger partial charge in [0.05, 0.1) is 17.2 Å². The highest BCUT2D eigenvalue weighted by atomic mass is 35.5. The number of hydrogen-bond donors (Lipinski definition) is 1. The Morgan fingerprint density at radius 1 is 1.44 bits per heavy atom. The minimum Gasteiger partial charge on any atom is -0.362 e. The van der Waals surface area contributed by atoms with Gasteiger partial charge in [0.2, 0.25) is 5.28 Å². The quantitative estimate of drug-likeness (QED) is 0.860. The van der Waals surface area contributed by atoms with Crippen molar-refractivity contribution in [3.63, 3.8) is 0 Å².